The molecule has 1 aromatic heterocycles. The van der Waals surface area contributed by atoms with Crippen LogP contribution in [0.4, 0.5) is 0 Å². The van der Waals surface area contributed by atoms with Crippen LogP contribution < -0.4 is 16.8 Å². The van der Waals surface area contributed by atoms with E-state index in [4.69, 9.17) is 20.9 Å². The topological polar surface area (TPSA) is 172 Å². The zero-order valence-electron chi connectivity index (χ0n) is 19.2. The van der Waals surface area contributed by atoms with Gasteiger partial charge in [-0.3, -0.25) is 14.4 Å². The fourth-order valence-electron chi connectivity index (χ4n) is 3.82. The van der Waals surface area contributed by atoms with Crippen molar-refractivity contribution in [3.8, 4) is 0 Å². The molecule has 1 aliphatic heterocycles. The Balaban J connectivity index is 1.60. The van der Waals surface area contributed by atoms with Crippen LogP contribution in [-0.2, 0) is 34.0 Å². The number of nitrogens with one attached hydrogen (secondary N) is 1. The Bertz CT molecular complexity index is 1300. The average Bonchev–Trinajstić information content (AvgIpc) is 3.40. The van der Waals surface area contributed by atoms with Crippen LogP contribution in [0, 0.1) is 0 Å². The first kappa shape index (κ1) is 24.5. The molecule has 2 aromatic carbocycles. The molecule has 0 fully saturated rings. The number of nitrogens with zero attached hydrogens (tertiary/aromatic N) is 2. The van der Waals surface area contributed by atoms with Crippen molar-refractivity contribution < 1.29 is 29.0 Å². The molecular weight excluding hydrogens is 466 g/mol. The molecule has 0 spiro atoms. The first-order valence-electron chi connectivity index (χ1n) is 11.1. The number of aryl methyl sites for hydroxylation is 1. The van der Waals surface area contributed by atoms with Gasteiger partial charge in [0.25, 0.3) is 17.7 Å². The molecule has 1 atom stereocenters. The fourth-order valence-corrected chi connectivity index (χ4v) is 3.82. The minimum Gasteiger partial charge on any atom is -0.484 e. The first-order valence-corrected chi connectivity index (χ1v) is 11.1. The SMILES string of the molecule is NC(=O)c1ncn(CCC2(O)NC(=O)C(OCc3ccccc3)=C2OCc2ccccc2)c1C(N)=O. The Hall–Kier alpha value is -4.64. The molecule has 1 aliphatic rings. The second-order valence-electron chi connectivity index (χ2n) is 8.13. The van der Waals surface area contributed by atoms with Crippen molar-refractivity contribution >= 4 is 17.7 Å². The lowest BCUT2D eigenvalue weighted by Gasteiger charge is -2.26. The molecule has 3 amide bonds. The van der Waals surface area contributed by atoms with E-state index in [1.807, 2.05) is 60.7 Å². The second kappa shape index (κ2) is 10.3. The van der Waals surface area contributed by atoms with Gasteiger partial charge in [-0.05, 0) is 11.1 Å². The maximum Gasteiger partial charge on any atom is 0.292 e. The third kappa shape index (κ3) is 5.20. The smallest absolute Gasteiger partial charge is 0.292 e. The Morgan fingerprint density at radius 1 is 0.944 bits per heavy atom. The normalized spacial score (nSPS) is 17.1. The number of primary amides is 2. The molecule has 4 rings (SSSR count). The van der Waals surface area contributed by atoms with Crippen LogP contribution in [0.25, 0.3) is 0 Å². The average molecular weight is 492 g/mol. The quantitative estimate of drug-likeness (QED) is 0.309. The minimum absolute atomic E-state index is 0.0561. The Kier molecular flexibility index (Phi) is 7.02. The van der Waals surface area contributed by atoms with Crippen molar-refractivity contribution in [2.75, 3.05) is 0 Å². The Labute approximate surface area is 206 Å². The van der Waals surface area contributed by atoms with E-state index in [1.165, 1.54) is 10.9 Å². The van der Waals surface area contributed by atoms with Crippen LogP contribution in [0.3, 0.4) is 0 Å². The molecule has 11 heteroatoms. The Morgan fingerprint density at radius 3 is 2.08 bits per heavy atom. The number of carbonyl (C=O) groups is 3. The van der Waals surface area contributed by atoms with Crippen LogP contribution in [0.15, 0.2) is 78.5 Å². The van der Waals surface area contributed by atoms with Gasteiger partial charge in [0.2, 0.25) is 11.5 Å². The predicted octanol–water partition coefficient (Wildman–Crippen LogP) is 0.935. The molecule has 1 unspecified atom stereocenters. The third-order valence-corrected chi connectivity index (χ3v) is 5.58. The van der Waals surface area contributed by atoms with Gasteiger partial charge in [0, 0.05) is 13.0 Å². The van der Waals surface area contributed by atoms with E-state index in [-0.39, 0.29) is 49.1 Å². The highest BCUT2D eigenvalue weighted by Gasteiger charge is 2.47. The molecule has 36 heavy (non-hydrogen) atoms. The molecular formula is C25H25N5O6. The van der Waals surface area contributed by atoms with Crippen LogP contribution in [0.5, 0.6) is 0 Å². The number of aliphatic hydroxyl groups is 1. The number of rotatable bonds is 11. The van der Waals surface area contributed by atoms with E-state index in [1.54, 1.807) is 0 Å². The lowest BCUT2D eigenvalue weighted by atomic mass is 10.1. The second-order valence-corrected chi connectivity index (χ2v) is 8.13. The highest BCUT2D eigenvalue weighted by atomic mass is 16.5. The predicted molar refractivity (Wildman–Crippen MR) is 126 cm³/mol. The molecule has 0 aliphatic carbocycles. The summed E-state index contributed by atoms with van der Waals surface area (Å²) in [5.41, 5.74) is 9.85. The van der Waals surface area contributed by atoms with E-state index < -0.39 is 23.4 Å². The summed E-state index contributed by atoms with van der Waals surface area (Å²) in [5.74, 6) is -2.74. The molecule has 0 radical (unpaired) electrons. The zero-order valence-corrected chi connectivity index (χ0v) is 19.2. The Morgan fingerprint density at radius 2 is 1.53 bits per heavy atom. The van der Waals surface area contributed by atoms with Crippen molar-refractivity contribution in [2.45, 2.75) is 31.9 Å². The number of benzene rings is 2. The largest absolute Gasteiger partial charge is 0.484 e. The van der Waals surface area contributed by atoms with Crippen molar-refractivity contribution in [1.29, 1.82) is 0 Å². The summed E-state index contributed by atoms with van der Waals surface area (Å²) in [7, 11) is 0. The van der Waals surface area contributed by atoms with Gasteiger partial charge in [0.05, 0.1) is 6.33 Å². The van der Waals surface area contributed by atoms with Crippen molar-refractivity contribution in [3.05, 3.63) is 101 Å². The number of ether oxygens (including phenoxy) is 2. The van der Waals surface area contributed by atoms with Gasteiger partial charge in [-0.25, -0.2) is 4.98 Å². The van der Waals surface area contributed by atoms with Crippen molar-refractivity contribution in [2.24, 2.45) is 11.5 Å². The highest BCUT2D eigenvalue weighted by Crippen LogP contribution is 2.32. The van der Waals surface area contributed by atoms with E-state index in [0.717, 1.165) is 11.1 Å². The lowest BCUT2D eigenvalue weighted by molar-refractivity contribution is -0.124. The summed E-state index contributed by atoms with van der Waals surface area (Å²) in [4.78, 5) is 40.2. The van der Waals surface area contributed by atoms with Crippen LogP contribution in [-0.4, -0.2) is 38.1 Å². The van der Waals surface area contributed by atoms with Gasteiger partial charge in [0.1, 0.15) is 18.9 Å². The fraction of sp³-hybridized carbons (Fsp3) is 0.200. The van der Waals surface area contributed by atoms with Gasteiger partial charge in [-0.2, -0.15) is 0 Å². The maximum absolute atomic E-state index is 12.8. The number of nitrogens with two attached hydrogens (primary N) is 2. The number of carbonyl (C=O) groups excluding carboxylic acids is 3. The summed E-state index contributed by atoms with van der Waals surface area (Å²) in [6.45, 7) is 0.0851. The summed E-state index contributed by atoms with van der Waals surface area (Å²) >= 11 is 0. The first-order chi connectivity index (χ1) is 17.3. The number of hydrogen-bond acceptors (Lipinski definition) is 7. The van der Waals surface area contributed by atoms with Gasteiger partial charge in [-0.15, -0.1) is 0 Å². The third-order valence-electron chi connectivity index (χ3n) is 5.58. The van der Waals surface area contributed by atoms with Gasteiger partial charge in [0.15, 0.2) is 11.5 Å². The van der Waals surface area contributed by atoms with Crippen molar-refractivity contribution in [3.63, 3.8) is 0 Å². The number of hydrogen-bond donors (Lipinski definition) is 4. The van der Waals surface area contributed by atoms with Crippen LogP contribution >= 0.6 is 0 Å². The molecule has 0 saturated carbocycles. The zero-order chi connectivity index (χ0) is 25.7. The van der Waals surface area contributed by atoms with Crippen LogP contribution in [0.1, 0.15) is 38.5 Å². The van der Waals surface area contributed by atoms with Crippen LogP contribution in [0.2, 0.25) is 0 Å². The molecule has 3 aromatic rings. The molecule has 6 N–H and O–H groups in total. The number of aromatic nitrogens is 2. The van der Waals surface area contributed by atoms with E-state index in [9.17, 15) is 19.5 Å². The summed E-state index contributed by atoms with van der Waals surface area (Å²) in [6.07, 6.45) is 1.05. The molecule has 0 saturated heterocycles. The number of amides is 3. The lowest BCUT2D eigenvalue weighted by Crippen LogP contribution is -2.46. The van der Waals surface area contributed by atoms with E-state index >= 15 is 0 Å². The van der Waals surface area contributed by atoms with Crippen molar-refractivity contribution in [1.82, 2.24) is 14.9 Å². The molecule has 2 heterocycles. The maximum atomic E-state index is 12.8. The van der Waals surface area contributed by atoms with Gasteiger partial charge < -0.3 is 35.9 Å². The molecule has 11 nitrogen and oxygen atoms in total. The van der Waals surface area contributed by atoms with Gasteiger partial charge >= 0.3 is 0 Å². The summed E-state index contributed by atoms with van der Waals surface area (Å²) in [5, 5.41) is 13.9. The number of imidazole rings is 1. The summed E-state index contributed by atoms with van der Waals surface area (Å²) < 4.78 is 13.0. The van der Waals surface area contributed by atoms with E-state index in [2.05, 4.69) is 10.3 Å². The highest BCUT2D eigenvalue weighted by molar-refractivity contribution is 6.03. The minimum atomic E-state index is -1.97. The van der Waals surface area contributed by atoms with E-state index in [0.29, 0.717) is 0 Å². The molecule has 0 bridgehead atoms. The molecule has 186 valence electrons. The monoisotopic (exact) mass is 491 g/mol. The van der Waals surface area contributed by atoms with Gasteiger partial charge in [-0.1, -0.05) is 60.7 Å². The summed E-state index contributed by atoms with van der Waals surface area (Å²) in [6, 6.07) is 18.4. The standard InChI is InChI=1S/C25H25N5O6/c26-22(31)18-19(23(27)32)30(15-28-18)12-11-25(34)21(36-14-17-9-5-2-6-10-17)20(24(33)29-25)35-13-16-7-3-1-4-8-16/h1-10,15,34H,11-14H2,(H2,26,31)(H2,27,32)(H,29,33).